The summed E-state index contributed by atoms with van der Waals surface area (Å²) >= 11 is 0. The van der Waals surface area contributed by atoms with E-state index in [1.54, 1.807) is 12.4 Å². The Hall–Kier alpha value is -2.20. The SMILES string of the molecule is O=C(O)C(CNCc1ccncc1)c1ccccc1. The van der Waals surface area contributed by atoms with E-state index in [-0.39, 0.29) is 0 Å². The van der Waals surface area contributed by atoms with Crippen LogP contribution in [0.15, 0.2) is 54.9 Å². The van der Waals surface area contributed by atoms with Crippen molar-refractivity contribution >= 4 is 5.97 Å². The van der Waals surface area contributed by atoms with Gasteiger partial charge >= 0.3 is 5.97 Å². The summed E-state index contributed by atoms with van der Waals surface area (Å²) in [5.74, 6) is -1.34. The fraction of sp³-hybridized carbons (Fsp3) is 0.200. The molecule has 2 aromatic rings. The lowest BCUT2D eigenvalue weighted by Crippen LogP contribution is -2.26. The van der Waals surface area contributed by atoms with Crippen LogP contribution in [0.4, 0.5) is 0 Å². The molecule has 0 bridgehead atoms. The van der Waals surface area contributed by atoms with E-state index in [1.165, 1.54) is 0 Å². The highest BCUT2D eigenvalue weighted by atomic mass is 16.4. The van der Waals surface area contributed by atoms with Crippen LogP contribution in [0.25, 0.3) is 0 Å². The molecule has 1 heterocycles. The van der Waals surface area contributed by atoms with Crippen LogP contribution < -0.4 is 5.32 Å². The third-order valence-electron chi connectivity index (χ3n) is 2.93. The Kier molecular flexibility index (Phi) is 4.64. The van der Waals surface area contributed by atoms with Gasteiger partial charge in [0, 0.05) is 25.5 Å². The molecule has 0 aliphatic rings. The Morgan fingerprint density at radius 3 is 2.47 bits per heavy atom. The number of nitrogens with zero attached hydrogens (tertiary/aromatic N) is 1. The normalized spacial score (nSPS) is 12.0. The van der Waals surface area contributed by atoms with Crippen LogP contribution >= 0.6 is 0 Å². The number of hydrogen-bond donors (Lipinski definition) is 2. The first kappa shape index (κ1) is 13.2. The number of aromatic nitrogens is 1. The van der Waals surface area contributed by atoms with E-state index in [4.69, 9.17) is 0 Å². The highest BCUT2D eigenvalue weighted by Crippen LogP contribution is 2.14. The number of benzene rings is 1. The summed E-state index contributed by atoms with van der Waals surface area (Å²) in [5.41, 5.74) is 1.91. The fourth-order valence-corrected chi connectivity index (χ4v) is 1.89. The van der Waals surface area contributed by atoms with Crippen molar-refractivity contribution in [1.29, 1.82) is 0 Å². The third-order valence-corrected chi connectivity index (χ3v) is 2.93. The zero-order valence-electron chi connectivity index (χ0n) is 10.5. The standard InChI is InChI=1S/C15H16N2O2/c18-15(19)14(13-4-2-1-3-5-13)11-17-10-12-6-8-16-9-7-12/h1-9,14,17H,10-11H2,(H,18,19). The molecule has 1 atom stereocenters. The lowest BCUT2D eigenvalue weighted by Gasteiger charge is -2.13. The molecule has 0 radical (unpaired) electrons. The molecule has 0 saturated carbocycles. The second-order valence-electron chi connectivity index (χ2n) is 4.29. The Bertz CT molecular complexity index is 514. The largest absolute Gasteiger partial charge is 0.481 e. The minimum absolute atomic E-state index is 0.404. The highest BCUT2D eigenvalue weighted by molar-refractivity contribution is 5.76. The van der Waals surface area contributed by atoms with Crippen LogP contribution in [0.5, 0.6) is 0 Å². The fourth-order valence-electron chi connectivity index (χ4n) is 1.89. The summed E-state index contributed by atoms with van der Waals surface area (Å²) in [6, 6.07) is 13.1. The molecule has 0 spiro atoms. The summed E-state index contributed by atoms with van der Waals surface area (Å²) in [6.07, 6.45) is 3.45. The van der Waals surface area contributed by atoms with Crippen molar-refractivity contribution in [3.05, 3.63) is 66.0 Å². The van der Waals surface area contributed by atoms with E-state index in [1.807, 2.05) is 42.5 Å². The maximum atomic E-state index is 11.3. The molecule has 0 aliphatic carbocycles. The average molecular weight is 256 g/mol. The minimum atomic E-state index is -0.812. The van der Waals surface area contributed by atoms with Crippen LogP contribution in [-0.4, -0.2) is 22.6 Å². The number of aliphatic carboxylic acids is 1. The van der Waals surface area contributed by atoms with E-state index < -0.39 is 11.9 Å². The molecule has 0 saturated heterocycles. The molecule has 2 N–H and O–H groups in total. The predicted octanol–water partition coefficient (Wildman–Crippen LogP) is 2.04. The molecule has 0 aliphatic heterocycles. The molecule has 1 aromatic carbocycles. The molecule has 0 amide bonds. The first-order chi connectivity index (χ1) is 9.27. The van der Waals surface area contributed by atoms with Crippen LogP contribution in [0.3, 0.4) is 0 Å². The van der Waals surface area contributed by atoms with Gasteiger partial charge in [-0.25, -0.2) is 0 Å². The maximum absolute atomic E-state index is 11.3. The van der Waals surface area contributed by atoms with Crippen molar-refractivity contribution in [2.75, 3.05) is 6.54 Å². The summed E-state index contributed by atoms with van der Waals surface area (Å²) in [6.45, 7) is 1.04. The van der Waals surface area contributed by atoms with Gasteiger partial charge in [-0.05, 0) is 23.3 Å². The van der Waals surface area contributed by atoms with E-state index in [2.05, 4.69) is 10.3 Å². The number of carbonyl (C=O) groups is 1. The monoisotopic (exact) mass is 256 g/mol. The molecule has 4 heteroatoms. The first-order valence-corrected chi connectivity index (χ1v) is 6.15. The molecule has 0 fully saturated rings. The maximum Gasteiger partial charge on any atom is 0.312 e. The van der Waals surface area contributed by atoms with E-state index in [9.17, 15) is 9.90 Å². The molecule has 98 valence electrons. The number of rotatable bonds is 6. The first-order valence-electron chi connectivity index (χ1n) is 6.15. The molecule has 2 rings (SSSR count). The van der Waals surface area contributed by atoms with Crippen LogP contribution in [0.1, 0.15) is 17.0 Å². The van der Waals surface area contributed by atoms with Gasteiger partial charge in [0.25, 0.3) is 0 Å². The van der Waals surface area contributed by atoms with Crippen LogP contribution in [0.2, 0.25) is 0 Å². The number of carboxylic acids is 1. The van der Waals surface area contributed by atoms with Gasteiger partial charge in [0.15, 0.2) is 0 Å². The third kappa shape index (κ3) is 3.89. The Labute approximate surface area is 112 Å². The van der Waals surface area contributed by atoms with Gasteiger partial charge in [0.2, 0.25) is 0 Å². The Morgan fingerprint density at radius 2 is 1.84 bits per heavy atom. The second kappa shape index (κ2) is 6.66. The van der Waals surface area contributed by atoms with Crippen molar-refractivity contribution in [3.8, 4) is 0 Å². The number of carboxylic acid groups (broad SMARTS) is 1. The quantitative estimate of drug-likeness (QED) is 0.830. The van der Waals surface area contributed by atoms with Crippen LogP contribution in [0, 0.1) is 0 Å². The zero-order valence-corrected chi connectivity index (χ0v) is 10.5. The minimum Gasteiger partial charge on any atom is -0.481 e. The van der Waals surface area contributed by atoms with Gasteiger partial charge in [-0.15, -0.1) is 0 Å². The number of pyridine rings is 1. The lowest BCUT2D eigenvalue weighted by atomic mass is 9.99. The van der Waals surface area contributed by atoms with E-state index in [0.29, 0.717) is 13.1 Å². The second-order valence-corrected chi connectivity index (χ2v) is 4.29. The van der Waals surface area contributed by atoms with Crippen molar-refractivity contribution in [3.63, 3.8) is 0 Å². The number of nitrogens with one attached hydrogen (secondary N) is 1. The average Bonchev–Trinajstić information content (AvgIpc) is 2.45. The smallest absolute Gasteiger partial charge is 0.312 e. The van der Waals surface area contributed by atoms with Crippen molar-refractivity contribution in [2.45, 2.75) is 12.5 Å². The zero-order chi connectivity index (χ0) is 13.5. The van der Waals surface area contributed by atoms with Crippen molar-refractivity contribution in [1.82, 2.24) is 10.3 Å². The number of hydrogen-bond acceptors (Lipinski definition) is 3. The van der Waals surface area contributed by atoms with Gasteiger partial charge in [0.05, 0.1) is 5.92 Å². The Morgan fingerprint density at radius 1 is 1.16 bits per heavy atom. The lowest BCUT2D eigenvalue weighted by molar-refractivity contribution is -0.138. The summed E-state index contributed by atoms with van der Waals surface area (Å²) in [7, 11) is 0. The van der Waals surface area contributed by atoms with Gasteiger partial charge in [-0.2, -0.15) is 0 Å². The molecule has 19 heavy (non-hydrogen) atoms. The van der Waals surface area contributed by atoms with Crippen molar-refractivity contribution in [2.24, 2.45) is 0 Å². The highest BCUT2D eigenvalue weighted by Gasteiger charge is 2.18. The van der Waals surface area contributed by atoms with Gasteiger partial charge in [-0.3, -0.25) is 9.78 Å². The summed E-state index contributed by atoms with van der Waals surface area (Å²) < 4.78 is 0. The van der Waals surface area contributed by atoms with Crippen LogP contribution in [-0.2, 0) is 11.3 Å². The Balaban J connectivity index is 1.94. The topological polar surface area (TPSA) is 62.2 Å². The van der Waals surface area contributed by atoms with E-state index in [0.717, 1.165) is 11.1 Å². The molecule has 1 aromatic heterocycles. The predicted molar refractivity (Wildman–Crippen MR) is 72.8 cm³/mol. The summed E-state index contributed by atoms with van der Waals surface area (Å²) in [4.78, 5) is 15.2. The molecule has 4 nitrogen and oxygen atoms in total. The van der Waals surface area contributed by atoms with E-state index >= 15 is 0 Å². The van der Waals surface area contributed by atoms with Gasteiger partial charge in [0.1, 0.15) is 0 Å². The van der Waals surface area contributed by atoms with Crippen molar-refractivity contribution < 1.29 is 9.90 Å². The summed E-state index contributed by atoms with van der Waals surface area (Å²) in [5, 5.41) is 12.4. The molecule has 1 unspecified atom stereocenters. The molecular weight excluding hydrogens is 240 g/mol. The molecular formula is C15H16N2O2. The van der Waals surface area contributed by atoms with Gasteiger partial charge < -0.3 is 10.4 Å². The van der Waals surface area contributed by atoms with Gasteiger partial charge in [-0.1, -0.05) is 30.3 Å².